The number of rotatable bonds is 6. The van der Waals surface area contributed by atoms with Crippen LogP contribution in [0, 0.1) is 11.3 Å². The molecule has 5 nitrogen and oxygen atoms in total. The fourth-order valence-electron chi connectivity index (χ4n) is 4.42. The number of fused-ring (bicyclic) bond motifs is 3. The average Bonchev–Trinajstić information content (AvgIpc) is 3.04. The first-order valence-corrected chi connectivity index (χ1v) is 10.8. The van der Waals surface area contributed by atoms with Gasteiger partial charge >= 0.3 is 5.97 Å². The van der Waals surface area contributed by atoms with Crippen molar-refractivity contribution in [3.05, 3.63) is 95.7 Å². The van der Waals surface area contributed by atoms with Crippen molar-refractivity contribution in [2.24, 2.45) is 4.99 Å². The van der Waals surface area contributed by atoms with E-state index in [4.69, 9.17) is 0 Å². The minimum absolute atomic E-state index is 0.0178. The molecule has 3 aromatic rings. The lowest BCUT2D eigenvalue weighted by molar-refractivity contribution is -0.136. The molecule has 0 spiro atoms. The van der Waals surface area contributed by atoms with Crippen LogP contribution in [-0.2, 0) is 10.2 Å². The molecule has 0 saturated carbocycles. The number of hydrogen-bond acceptors (Lipinski definition) is 4. The number of carbonyl (C=O) groups is 1. The third kappa shape index (κ3) is 4.42. The molecule has 4 rings (SSSR count). The van der Waals surface area contributed by atoms with Crippen molar-refractivity contribution >= 4 is 34.3 Å². The lowest BCUT2D eigenvalue weighted by atomic mass is 9.81. The number of hydrogen-bond donors (Lipinski definition) is 1. The van der Waals surface area contributed by atoms with Crippen LogP contribution in [-0.4, -0.2) is 23.8 Å². The van der Waals surface area contributed by atoms with Gasteiger partial charge in [-0.1, -0.05) is 62.4 Å². The van der Waals surface area contributed by atoms with E-state index in [1.54, 1.807) is 12.3 Å². The molecule has 1 N–H and O–H groups in total. The van der Waals surface area contributed by atoms with Crippen LogP contribution in [0.25, 0.3) is 10.8 Å². The maximum atomic E-state index is 11.4. The lowest BCUT2D eigenvalue weighted by Gasteiger charge is -2.26. The van der Waals surface area contributed by atoms with Crippen LogP contribution in [0.3, 0.4) is 0 Å². The topological polar surface area (TPSA) is 76.7 Å². The highest BCUT2D eigenvalue weighted by molar-refractivity contribution is 5.95. The third-order valence-corrected chi connectivity index (χ3v) is 5.96. The van der Waals surface area contributed by atoms with E-state index in [0.29, 0.717) is 12.1 Å². The van der Waals surface area contributed by atoms with Crippen molar-refractivity contribution < 1.29 is 9.90 Å². The van der Waals surface area contributed by atoms with Crippen LogP contribution in [0.5, 0.6) is 0 Å². The van der Waals surface area contributed by atoms with Gasteiger partial charge in [-0.3, -0.25) is 9.79 Å². The van der Waals surface area contributed by atoms with E-state index in [-0.39, 0.29) is 11.8 Å². The Labute approximate surface area is 193 Å². The van der Waals surface area contributed by atoms with E-state index in [0.717, 1.165) is 27.8 Å². The first-order valence-electron chi connectivity index (χ1n) is 10.8. The zero-order valence-corrected chi connectivity index (χ0v) is 18.7. The Balaban J connectivity index is 1.79. The molecule has 0 radical (unpaired) electrons. The van der Waals surface area contributed by atoms with Gasteiger partial charge in [-0.25, -0.2) is 0 Å². The number of benzene rings is 3. The Morgan fingerprint density at radius 2 is 1.82 bits per heavy atom. The Kier molecular flexibility index (Phi) is 6.10. The van der Waals surface area contributed by atoms with Crippen LogP contribution < -0.4 is 4.90 Å². The fourth-order valence-corrected chi connectivity index (χ4v) is 4.42. The number of para-hydroxylation sites is 1. The van der Waals surface area contributed by atoms with E-state index < -0.39 is 5.97 Å². The summed E-state index contributed by atoms with van der Waals surface area (Å²) in [6.45, 7) is 4.63. The largest absolute Gasteiger partial charge is 0.481 e. The number of nitriles is 1. The number of nitrogens with zero attached hydrogens (tertiary/aromatic N) is 3. The molecule has 0 bridgehead atoms. The summed E-state index contributed by atoms with van der Waals surface area (Å²) in [6.07, 6.45) is 5.25. The summed E-state index contributed by atoms with van der Waals surface area (Å²) in [5, 5.41) is 21.3. The molecule has 33 heavy (non-hydrogen) atoms. The molecule has 0 aromatic heterocycles. The van der Waals surface area contributed by atoms with Gasteiger partial charge in [0.05, 0.1) is 17.7 Å². The summed E-state index contributed by atoms with van der Waals surface area (Å²) in [4.78, 5) is 17.8. The Hall–Kier alpha value is -4.17. The molecule has 0 amide bonds. The molecule has 0 unspecified atom stereocenters. The second-order valence-electron chi connectivity index (χ2n) is 8.48. The molecular formula is C28H25N3O2. The highest BCUT2D eigenvalue weighted by atomic mass is 16.4. The van der Waals surface area contributed by atoms with Crippen molar-refractivity contribution in [1.82, 2.24) is 0 Å². The molecular weight excluding hydrogens is 410 g/mol. The average molecular weight is 436 g/mol. The van der Waals surface area contributed by atoms with Gasteiger partial charge in [0.2, 0.25) is 0 Å². The minimum Gasteiger partial charge on any atom is -0.481 e. The number of allylic oxidation sites excluding steroid dienone is 4. The molecule has 0 saturated heterocycles. The predicted molar refractivity (Wildman–Crippen MR) is 133 cm³/mol. The van der Waals surface area contributed by atoms with Crippen LogP contribution in [0.15, 0.2) is 95.1 Å². The zero-order valence-electron chi connectivity index (χ0n) is 18.7. The van der Waals surface area contributed by atoms with E-state index in [1.807, 2.05) is 48.5 Å². The van der Waals surface area contributed by atoms with Gasteiger partial charge in [0, 0.05) is 29.6 Å². The maximum Gasteiger partial charge on any atom is 0.305 e. The first-order chi connectivity index (χ1) is 15.9. The number of carboxylic acids is 1. The Morgan fingerprint density at radius 3 is 2.55 bits per heavy atom. The smallest absolute Gasteiger partial charge is 0.305 e. The van der Waals surface area contributed by atoms with Crippen molar-refractivity contribution in [1.29, 1.82) is 5.26 Å². The quantitative estimate of drug-likeness (QED) is 0.372. The van der Waals surface area contributed by atoms with Gasteiger partial charge in [-0.05, 0) is 46.7 Å². The fraction of sp³-hybridized carbons (Fsp3) is 0.179. The summed E-state index contributed by atoms with van der Waals surface area (Å²) in [5.74, 6) is -0.843. The molecule has 5 heteroatoms. The van der Waals surface area contributed by atoms with E-state index in [1.165, 1.54) is 5.56 Å². The highest BCUT2D eigenvalue weighted by Gasteiger charge is 2.41. The summed E-state index contributed by atoms with van der Waals surface area (Å²) >= 11 is 0. The van der Waals surface area contributed by atoms with Crippen molar-refractivity contribution in [2.45, 2.75) is 25.7 Å². The molecule has 1 aliphatic heterocycles. The van der Waals surface area contributed by atoms with Crippen LogP contribution >= 0.6 is 0 Å². The van der Waals surface area contributed by atoms with Gasteiger partial charge in [-0.15, -0.1) is 0 Å². The Morgan fingerprint density at radius 1 is 1.09 bits per heavy atom. The monoisotopic (exact) mass is 435 g/mol. The summed E-state index contributed by atoms with van der Waals surface area (Å²) in [5.41, 5.74) is 3.95. The summed E-state index contributed by atoms with van der Waals surface area (Å²) in [7, 11) is 0. The van der Waals surface area contributed by atoms with Gasteiger partial charge in [0.15, 0.2) is 0 Å². The van der Waals surface area contributed by atoms with Crippen molar-refractivity contribution in [2.75, 3.05) is 11.4 Å². The normalized spacial score (nSPS) is 16.3. The van der Waals surface area contributed by atoms with Gasteiger partial charge < -0.3 is 10.0 Å². The van der Waals surface area contributed by atoms with Crippen LogP contribution in [0.2, 0.25) is 0 Å². The number of carboxylic acid groups (broad SMARTS) is 1. The number of aliphatic imine (C=N–C) groups is 1. The van der Waals surface area contributed by atoms with Crippen LogP contribution in [0.4, 0.5) is 11.4 Å². The van der Waals surface area contributed by atoms with E-state index in [9.17, 15) is 15.2 Å². The number of aliphatic carboxylic acids is 1. The second kappa shape index (κ2) is 9.13. The van der Waals surface area contributed by atoms with E-state index in [2.05, 4.69) is 54.1 Å². The first kappa shape index (κ1) is 22.0. The number of anilines is 1. The van der Waals surface area contributed by atoms with E-state index >= 15 is 0 Å². The summed E-state index contributed by atoms with van der Waals surface area (Å²) < 4.78 is 0. The molecule has 0 fully saturated rings. The van der Waals surface area contributed by atoms with Gasteiger partial charge in [-0.2, -0.15) is 5.26 Å². The third-order valence-electron chi connectivity index (χ3n) is 5.96. The van der Waals surface area contributed by atoms with Gasteiger partial charge in [0.25, 0.3) is 0 Å². The molecule has 0 atom stereocenters. The summed E-state index contributed by atoms with van der Waals surface area (Å²) in [6, 6.07) is 24.0. The second-order valence-corrected chi connectivity index (χ2v) is 8.48. The lowest BCUT2D eigenvalue weighted by Crippen LogP contribution is -2.28. The van der Waals surface area contributed by atoms with Crippen LogP contribution in [0.1, 0.15) is 25.8 Å². The molecule has 1 heterocycles. The minimum atomic E-state index is -0.843. The van der Waals surface area contributed by atoms with Gasteiger partial charge in [0.1, 0.15) is 6.07 Å². The molecule has 1 aliphatic rings. The highest BCUT2D eigenvalue weighted by Crippen LogP contribution is 2.50. The maximum absolute atomic E-state index is 11.4. The van der Waals surface area contributed by atoms with Crippen molar-refractivity contribution in [3.63, 3.8) is 0 Å². The molecule has 164 valence electrons. The predicted octanol–water partition coefficient (Wildman–Crippen LogP) is 6.15. The standard InChI is InChI=1S/C28H25N3O2/c1-28(2)25(15-12-20(18-29)19-30-22-9-4-3-5-10-22)31(17-16-26(32)33)24-14-13-21-8-6-7-11-23(21)27(24)28/h3-15,19H,16-17H2,1-2H3,(H,32,33)/b20-12+,25-15+,30-19?. The molecule has 0 aliphatic carbocycles. The SMILES string of the molecule is CC1(C)/C(=C\C=C(/C#N)C=Nc2ccccc2)N(CCC(=O)O)c2ccc3ccccc3c21. The zero-order chi connectivity index (χ0) is 23.4. The van der Waals surface area contributed by atoms with Crippen molar-refractivity contribution in [3.8, 4) is 6.07 Å². The Bertz CT molecular complexity index is 1330. The molecule has 3 aromatic carbocycles.